The Hall–Kier alpha value is -4.71. The second-order valence-electron chi connectivity index (χ2n) is 11.9. The second kappa shape index (κ2) is 10.3. The lowest BCUT2D eigenvalue weighted by Gasteiger charge is -2.27. The number of rotatable bonds is 3. The molecule has 1 saturated heterocycles. The maximum atomic E-state index is 13.5. The van der Waals surface area contributed by atoms with Gasteiger partial charge in [-0.25, -0.2) is 19.7 Å². The molecular weight excluding hydrogens is 528 g/mol. The van der Waals surface area contributed by atoms with Crippen LogP contribution in [-0.2, 0) is 4.74 Å². The minimum atomic E-state index is -0.569. The summed E-state index contributed by atoms with van der Waals surface area (Å²) in [5, 5.41) is 0. The molecule has 2 atom stereocenters. The normalized spacial score (nSPS) is 18.4. The number of likely N-dealkylation sites (tertiary alicyclic amines) is 1. The van der Waals surface area contributed by atoms with E-state index in [2.05, 4.69) is 22.8 Å². The van der Waals surface area contributed by atoms with Gasteiger partial charge in [-0.05, 0) is 69.9 Å². The third-order valence-electron chi connectivity index (χ3n) is 7.98. The highest BCUT2D eigenvalue weighted by atomic mass is 16.6. The van der Waals surface area contributed by atoms with Crippen LogP contribution in [0.15, 0.2) is 48.8 Å². The average molecular weight is 563 g/mol. The number of ether oxygens (including phenoxy) is 1. The highest BCUT2D eigenvalue weighted by molar-refractivity contribution is 6.01. The Morgan fingerprint density at radius 3 is 2.60 bits per heavy atom. The van der Waals surface area contributed by atoms with E-state index in [1.807, 2.05) is 68.8 Å². The molecule has 2 unspecified atom stereocenters. The number of aromatic nitrogens is 4. The molecule has 9 nitrogen and oxygen atoms in total. The van der Waals surface area contributed by atoms with Gasteiger partial charge in [0.25, 0.3) is 5.91 Å². The zero-order valence-corrected chi connectivity index (χ0v) is 24.6. The van der Waals surface area contributed by atoms with Crippen LogP contribution in [-0.4, -0.2) is 60.5 Å². The SMILES string of the molecule is C#Cc1cccc2c1-n1c(nc3ccc(-c4cnc(C5CCCN5C(=O)OC(C)(C)C)nc4)cc31)C(CC)N(C)C2=O. The fourth-order valence-electron chi connectivity index (χ4n) is 6.00. The summed E-state index contributed by atoms with van der Waals surface area (Å²) in [4.78, 5) is 44.1. The quantitative estimate of drug-likeness (QED) is 0.281. The first-order chi connectivity index (χ1) is 20.1. The lowest BCUT2D eigenvalue weighted by molar-refractivity contribution is 0.0218. The summed E-state index contributed by atoms with van der Waals surface area (Å²) in [6.45, 7) is 8.26. The molecule has 0 N–H and O–H groups in total. The molecule has 0 spiro atoms. The predicted molar refractivity (Wildman–Crippen MR) is 160 cm³/mol. The molecule has 214 valence electrons. The second-order valence-corrected chi connectivity index (χ2v) is 11.9. The molecule has 2 aliphatic rings. The number of nitrogens with zero attached hydrogens (tertiary/aromatic N) is 6. The molecule has 2 aromatic heterocycles. The van der Waals surface area contributed by atoms with Crippen LogP contribution in [0.4, 0.5) is 4.79 Å². The van der Waals surface area contributed by atoms with Crippen molar-refractivity contribution in [1.82, 2.24) is 29.3 Å². The lowest BCUT2D eigenvalue weighted by Crippen LogP contribution is -2.36. The smallest absolute Gasteiger partial charge is 0.410 e. The van der Waals surface area contributed by atoms with Crippen LogP contribution in [0.25, 0.3) is 27.8 Å². The van der Waals surface area contributed by atoms with E-state index in [0.29, 0.717) is 35.6 Å². The van der Waals surface area contributed by atoms with E-state index >= 15 is 0 Å². The number of fused-ring (bicyclic) bond motifs is 5. The van der Waals surface area contributed by atoms with Gasteiger partial charge in [0.1, 0.15) is 11.4 Å². The standard InChI is InChI=1S/C33H34N6O3/c1-7-20-11-9-12-23-28(20)39-27-17-21(14-15-24(27)36-30(39)25(8-2)37(6)31(23)40)22-18-34-29(35-19-22)26-13-10-16-38(26)32(41)42-33(3,4)5/h1,9,11-12,14-15,17-19,25-26H,8,10,13,16H2,2-6H3. The molecule has 42 heavy (non-hydrogen) atoms. The van der Waals surface area contributed by atoms with Crippen molar-refractivity contribution in [2.45, 2.75) is 64.6 Å². The molecule has 4 heterocycles. The summed E-state index contributed by atoms with van der Waals surface area (Å²) >= 11 is 0. The molecule has 9 heteroatoms. The molecule has 0 radical (unpaired) electrons. The minimum absolute atomic E-state index is 0.0833. The third-order valence-corrected chi connectivity index (χ3v) is 7.98. The Balaban J connectivity index is 1.41. The van der Waals surface area contributed by atoms with Crippen LogP contribution in [0.2, 0.25) is 0 Å². The van der Waals surface area contributed by atoms with Crippen molar-refractivity contribution in [2.75, 3.05) is 13.6 Å². The fourth-order valence-corrected chi connectivity index (χ4v) is 6.00. The van der Waals surface area contributed by atoms with Crippen molar-refractivity contribution >= 4 is 23.0 Å². The van der Waals surface area contributed by atoms with Gasteiger partial charge >= 0.3 is 6.09 Å². The van der Waals surface area contributed by atoms with Crippen LogP contribution in [0.3, 0.4) is 0 Å². The predicted octanol–water partition coefficient (Wildman–Crippen LogP) is 6.07. The fraction of sp³-hybridized carbons (Fsp3) is 0.364. The van der Waals surface area contributed by atoms with Gasteiger partial charge < -0.3 is 9.64 Å². The minimum Gasteiger partial charge on any atom is -0.444 e. The van der Waals surface area contributed by atoms with E-state index in [1.165, 1.54) is 0 Å². The number of benzene rings is 2. The van der Waals surface area contributed by atoms with Crippen LogP contribution in [0, 0.1) is 12.3 Å². The van der Waals surface area contributed by atoms with Crippen molar-refractivity contribution < 1.29 is 14.3 Å². The summed E-state index contributed by atoms with van der Waals surface area (Å²) in [5.74, 6) is 4.06. The first kappa shape index (κ1) is 27.5. The van der Waals surface area contributed by atoms with Crippen molar-refractivity contribution in [3.05, 3.63) is 71.6 Å². The van der Waals surface area contributed by atoms with Crippen molar-refractivity contribution in [1.29, 1.82) is 0 Å². The maximum Gasteiger partial charge on any atom is 0.410 e. The van der Waals surface area contributed by atoms with Gasteiger partial charge in [0.05, 0.1) is 34.4 Å². The zero-order valence-electron chi connectivity index (χ0n) is 24.6. The molecule has 4 aromatic rings. The number of para-hydroxylation sites is 1. The number of carbonyl (C=O) groups is 2. The Morgan fingerprint density at radius 2 is 1.90 bits per heavy atom. The summed E-state index contributed by atoms with van der Waals surface area (Å²) in [5.41, 5.74) is 4.69. The van der Waals surface area contributed by atoms with Crippen molar-refractivity contribution in [3.8, 4) is 29.2 Å². The Kier molecular flexibility index (Phi) is 6.72. The molecule has 1 fully saturated rings. The van der Waals surface area contributed by atoms with Crippen LogP contribution >= 0.6 is 0 Å². The van der Waals surface area contributed by atoms with Crippen molar-refractivity contribution in [2.24, 2.45) is 0 Å². The van der Waals surface area contributed by atoms with Gasteiger partial charge in [-0.1, -0.05) is 25.0 Å². The van der Waals surface area contributed by atoms with E-state index in [-0.39, 0.29) is 24.1 Å². The average Bonchev–Trinajstić information content (AvgIpc) is 3.59. The Labute approximate surface area is 245 Å². The molecule has 2 aromatic carbocycles. The van der Waals surface area contributed by atoms with Crippen LogP contribution < -0.4 is 0 Å². The van der Waals surface area contributed by atoms with Crippen molar-refractivity contribution in [3.63, 3.8) is 0 Å². The molecular formula is C33H34N6O3. The summed E-state index contributed by atoms with van der Waals surface area (Å²) < 4.78 is 7.66. The molecule has 0 aliphatic carbocycles. The number of carbonyl (C=O) groups excluding carboxylic acids is 2. The lowest BCUT2D eigenvalue weighted by atomic mass is 10.0. The van der Waals surface area contributed by atoms with Gasteiger partial charge in [0.15, 0.2) is 5.82 Å². The van der Waals surface area contributed by atoms with Gasteiger partial charge in [0, 0.05) is 37.1 Å². The maximum absolute atomic E-state index is 13.5. The zero-order chi connectivity index (χ0) is 29.8. The number of hydrogen-bond donors (Lipinski definition) is 0. The monoisotopic (exact) mass is 562 g/mol. The topological polar surface area (TPSA) is 93.4 Å². The molecule has 2 amide bonds. The molecule has 6 rings (SSSR count). The van der Waals surface area contributed by atoms with E-state index in [1.54, 1.807) is 22.2 Å². The molecule has 0 saturated carbocycles. The number of amides is 2. The molecule has 0 bridgehead atoms. The van der Waals surface area contributed by atoms with E-state index in [0.717, 1.165) is 40.8 Å². The summed E-state index contributed by atoms with van der Waals surface area (Å²) in [7, 11) is 1.82. The van der Waals surface area contributed by atoms with Crippen LogP contribution in [0.5, 0.6) is 0 Å². The first-order valence-electron chi connectivity index (χ1n) is 14.3. The van der Waals surface area contributed by atoms with Gasteiger partial charge in [-0.15, -0.1) is 6.42 Å². The van der Waals surface area contributed by atoms with E-state index in [4.69, 9.17) is 16.1 Å². The third kappa shape index (κ3) is 4.57. The number of terminal acetylenes is 1. The number of hydrogen-bond acceptors (Lipinski definition) is 6. The van der Waals surface area contributed by atoms with Gasteiger partial charge in [-0.3, -0.25) is 14.3 Å². The first-order valence-corrected chi connectivity index (χ1v) is 14.3. The Bertz CT molecular complexity index is 1740. The molecule has 2 aliphatic heterocycles. The highest BCUT2D eigenvalue weighted by Gasteiger charge is 2.36. The Morgan fingerprint density at radius 1 is 1.14 bits per heavy atom. The van der Waals surface area contributed by atoms with Gasteiger partial charge in [0.2, 0.25) is 0 Å². The van der Waals surface area contributed by atoms with E-state index < -0.39 is 5.60 Å². The van der Waals surface area contributed by atoms with Gasteiger partial charge in [-0.2, -0.15) is 0 Å². The number of imidazole rings is 1. The summed E-state index contributed by atoms with van der Waals surface area (Å²) in [6, 6.07) is 11.1. The summed E-state index contributed by atoms with van der Waals surface area (Å²) in [6.07, 6.45) is 11.5. The highest BCUT2D eigenvalue weighted by Crippen LogP contribution is 2.38. The largest absolute Gasteiger partial charge is 0.444 e. The van der Waals surface area contributed by atoms with E-state index in [9.17, 15) is 9.59 Å². The van der Waals surface area contributed by atoms with Crippen LogP contribution in [0.1, 0.15) is 86.6 Å².